The number of rotatable bonds is 5. The Balaban J connectivity index is 1.18. The van der Waals surface area contributed by atoms with Gasteiger partial charge in [-0.25, -0.2) is 0 Å². The third kappa shape index (κ3) is 4.73. The van der Waals surface area contributed by atoms with E-state index in [9.17, 15) is 0 Å². The minimum atomic E-state index is 0.0403. The first-order valence-electron chi connectivity index (χ1n) is 18.2. The van der Waals surface area contributed by atoms with E-state index in [-0.39, 0.29) is 6.71 Å². The number of ether oxygens (including phenoxy) is 1. The van der Waals surface area contributed by atoms with Gasteiger partial charge in [-0.2, -0.15) is 0 Å². The van der Waals surface area contributed by atoms with Crippen molar-refractivity contribution in [1.29, 1.82) is 0 Å². The van der Waals surface area contributed by atoms with E-state index in [1.54, 1.807) is 0 Å². The Morgan fingerprint density at radius 1 is 0.547 bits per heavy atom. The van der Waals surface area contributed by atoms with Crippen molar-refractivity contribution in [3.63, 3.8) is 0 Å². The lowest BCUT2D eigenvalue weighted by Crippen LogP contribution is -2.57. The number of nitrogens with zero attached hydrogens (tertiary/aromatic N) is 1. The molecule has 2 aliphatic rings. The summed E-state index contributed by atoms with van der Waals surface area (Å²) >= 11 is 1.91. The third-order valence-electron chi connectivity index (χ3n) is 10.9. The molecule has 0 saturated heterocycles. The number of anilines is 3. The fourth-order valence-corrected chi connectivity index (χ4v) is 10.0. The van der Waals surface area contributed by atoms with Crippen molar-refractivity contribution in [2.45, 2.75) is 6.92 Å². The minimum absolute atomic E-state index is 0.0403. The molecule has 9 aromatic rings. The summed E-state index contributed by atoms with van der Waals surface area (Å²) in [6.45, 7) is 2.27. The topological polar surface area (TPSA) is 12.5 Å². The lowest BCUT2D eigenvalue weighted by molar-refractivity contribution is 0.488. The van der Waals surface area contributed by atoms with Gasteiger partial charge < -0.3 is 9.64 Å². The molecule has 0 radical (unpaired) electrons. The maximum Gasteiger partial charge on any atom is 0.252 e. The standard InChI is InChI=1S/C49H32BNOS/c1-31-26-41-47-45(27-31)53-49(34-17-7-3-8-18-34)46(47)39-28-35(32-14-5-2-6-15-32)29-44-48(39)50(41)40-25-24-37(30-43(40)52-44)51(36-20-9-4-10-21-36)42-23-13-19-33-16-11-12-22-38(33)42/h2-30H,1H3. The van der Waals surface area contributed by atoms with Crippen LogP contribution in [0.2, 0.25) is 0 Å². The largest absolute Gasteiger partial charge is 0.458 e. The second-order valence-electron chi connectivity index (χ2n) is 14.1. The number of para-hydroxylation sites is 1. The van der Waals surface area contributed by atoms with Gasteiger partial charge in [-0.3, -0.25) is 0 Å². The monoisotopic (exact) mass is 693 g/mol. The number of hydrogen-bond acceptors (Lipinski definition) is 3. The van der Waals surface area contributed by atoms with Gasteiger partial charge in [0, 0.05) is 38.0 Å². The van der Waals surface area contributed by atoms with E-state index in [0.717, 1.165) is 34.1 Å². The third-order valence-corrected chi connectivity index (χ3v) is 12.1. The molecular formula is C49H32BNOS. The normalized spacial score (nSPS) is 12.4. The van der Waals surface area contributed by atoms with E-state index >= 15 is 0 Å². The molecule has 8 aromatic carbocycles. The molecule has 0 aliphatic carbocycles. The van der Waals surface area contributed by atoms with Gasteiger partial charge in [0.15, 0.2) is 0 Å². The molecule has 1 aromatic heterocycles. The van der Waals surface area contributed by atoms with Gasteiger partial charge in [0.05, 0.1) is 5.69 Å². The van der Waals surface area contributed by atoms with Gasteiger partial charge in [0.25, 0.3) is 6.71 Å². The highest BCUT2D eigenvalue weighted by molar-refractivity contribution is 7.23. The summed E-state index contributed by atoms with van der Waals surface area (Å²) in [7, 11) is 0. The quantitative estimate of drug-likeness (QED) is 0.166. The van der Waals surface area contributed by atoms with Crippen LogP contribution in [0.3, 0.4) is 0 Å². The highest BCUT2D eigenvalue weighted by Gasteiger charge is 2.41. The predicted molar refractivity (Wildman–Crippen MR) is 226 cm³/mol. The molecule has 3 heterocycles. The molecule has 0 saturated carbocycles. The highest BCUT2D eigenvalue weighted by atomic mass is 32.1. The van der Waals surface area contributed by atoms with E-state index < -0.39 is 0 Å². The number of aryl methyl sites for hydroxylation is 1. The van der Waals surface area contributed by atoms with Gasteiger partial charge in [0.1, 0.15) is 11.5 Å². The maximum atomic E-state index is 7.18. The first-order chi connectivity index (χ1) is 26.2. The summed E-state index contributed by atoms with van der Waals surface area (Å²) in [5.41, 5.74) is 14.6. The van der Waals surface area contributed by atoms with E-state index in [1.165, 1.54) is 69.9 Å². The zero-order valence-electron chi connectivity index (χ0n) is 29.1. The van der Waals surface area contributed by atoms with E-state index in [1.807, 2.05) is 11.3 Å². The van der Waals surface area contributed by atoms with Gasteiger partial charge >= 0.3 is 0 Å². The molecule has 0 unspecified atom stereocenters. The molecule has 2 aliphatic heterocycles. The van der Waals surface area contributed by atoms with Crippen LogP contribution in [0.5, 0.6) is 11.5 Å². The van der Waals surface area contributed by atoms with Crippen LogP contribution in [0.15, 0.2) is 176 Å². The molecule has 0 amide bonds. The summed E-state index contributed by atoms with van der Waals surface area (Å²) in [6, 6.07) is 63.8. The average molecular weight is 694 g/mol. The maximum absolute atomic E-state index is 7.18. The van der Waals surface area contributed by atoms with Crippen molar-refractivity contribution in [1.82, 2.24) is 0 Å². The van der Waals surface area contributed by atoms with Gasteiger partial charge in [-0.1, -0.05) is 138 Å². The molecule has 11 rings (SSSR count). The van der Waals surface area contributed by atoms with Crippen molar-refractivity contribution in [3.05, 3.63) is 181 Å². The molecule has 0 atom stereocenters. The predicted octanol–water partition coefficient (Wildman–Crippen LogP) is 11.8. The van der Waals surface area contributed by atoms with Crippen LogP contribution in [-0.2, 0) is 0 Å². The Morgan fingerprint density at radius 3 is 2.08 bits per heavy atom. The number of fused-ring (bicyclic) bond motifs is 5. The summed E-state index contributed by atoms with van der Waals surface area (Å²) < 4.78 is 8.51. The zero-order valence-corrected chi connectivity index (χ0v) is 29.9. The lowest BCUT2D eigenvalue weighted by atomic mass is 9.33. The Morgan fingerprint density at radius 2 is 1.26 bits per heavy atom. The summed E-state index contributed by atoms with van der Waals surface area (Å²) in [6.07, 6.45) is 0. The lowest BCUT2D eigenvalue weighted by Gasteiger charge is -2.34. The molecule has 248 valence electrons. The fraction of sp³-hybridized carbons (Fsp3) is 0.0204. The molecule has 0 bridgehead atoms. The smallest absolute Gasteiger partial charge is 0.252 e. The number of benzene rings is 8. The molecular weight excluding hydrogens is 661 g/mol. The first kappa shape index (κ1) is 30.3. The summed E-state index contributed by atoms with van der Waals surface area (Å²) in [5, 5.41) is 3.78. The Labute approximate surface area is 313 Å². The van der Waals surface area contributed by atoms with Gasteiger partial charge in [-0.15, -0.1) is 11.3 Å². The van der Waals surface area contributed by atoms with Crippen molar-refractivity contribution in [3.8, 4) is 44.2 Å². The average Bonchev–Trinajstić information content (AvgIpc) is 3.60. The highest BCUT2D eigenvalue weighted by Crippen LogP contribution is 2.49. The SMILES string of the molecule is Cc1cc2c3c(c(-c4ccccc4)sc3c1)-c1cc(-c3ccccc3)cc3c1B2c1ccc(N(c2ccccc2)c2cccc4ccccc24)cc1O3. The second kappa shape index (κ2) is 11.8. The minimum Gasteiger partial charge on any atom is -0.458 e. The summed E-state index contributed by atoms with van der Waals surface area (Å²) in [4.78, 5) is 3.68. The van der Waals surface area contributed by atoms with E-state index in [0.29, 0.717) is 0 Å². The van der Waals surface area contributed by atoms with Crippen LogP contribution in [-0.4, -0.2) is 6.71 Å². The zero-order chi connectivity index (χ0) is 35.0. The first-order valence-corrected chi connectivity index (χ1v) is 19.0. The second-order valence-corrected chi connectivity index (χ2v) is 15.2. The molecule has 0 spiro atoms. The van der Waals surface area contributed by atoms with Crippen molar-refractivity contribution >= 4 is 72.4 Å². The Hall–Kier alpha value is -6.36. The molecule has 2 nitrogen and oxygen atoms in total. The van der Waals surface area contributed by atoms with Gasteiger partial charge in [-0.05, 0) is 93.3 Å². The molecule has 4 heteroatoms. The summed E-state index contributed by atoms with van der Waals surface area (Å²) in [5.74, 6) is 1.83. The van der Waals surface area contributed by atoms with Crippen molar-refractivity contribution in [2.24, 2.45) is 0 Å². The van der Waals surface area contributed by atoms with Crippen LogP contribution < -0.4 is 26.0 Å². The van der Waals surface area contributed by atoms with Crippen LogP contribution >= 0.6 is 11.3 Å². The molecule has 53 heavy (non-hydrogen) atoms. The fourth-order valence-electron chi connectivity index (χ4n) is 8.69. The van der Waals surface area contributed by atoms with E-state index in [2.05, 4.69) is 188 Å². The Kier molecular flexibility index (Phi) is 6.77. The van der Waals surface area contributed by atoms with Crippen LogP contribution in [0.25, 0.3) is 53.6 Å². The van der Waals surface area contributed by atoms with Crippen molar-refractivity contribution < 1.29 is 4.74 Å². The molecule has 0 N–H and O–H groups in total. The molecule has 0 fully saturated rings. The number of hydrogen-bond donors (Lipinski definition) is 0. The van der Waals surface area contributed by atoms with E-state index in [4.69, 9.17) is 4.74 Å². The van der Waals surface area contributed by atoms with Crippen LogP contribution in [0.4, 0.5) is 17.1 Å². The Bertz CT molecular complexity index is 2880. The van der Waals surface area contributed by atoms with Gasteiger partial charge in [0.2, 0.25) is 0 Å². The van der Waals surface area contributed by atoms with Crippen molar-refractivity contribution in [2.75, 3.05) is 4.90 Å². The van der Waals surface area contributed by atoms with Crippen LogP contribution in [0, 0.1) is 6.92 Å². The number of thiophene rings is 1. The van der Waals surface area contributed by atoms with Crippen LogP contribution in [0.1, 0.15) is 5.56 Å².